The van der Waals surface area contributed by atoms with Gasteiger partial charge >= 0.3 is 47.0 Å². The summed E-state index contributed by atoms with van der Waals surface area (Å²) < 4.78 is 36.6. The topological polar surface area (TPSA) is 182 Å². The molecule has 0 saturated heterocycles. The summed E-state index contributed by atoms with van der Waals surface area (Å²) in [5.41, 5.74) is 25.4. The van der Waals surface area contributed by atoms with Crippen molar-refractivity contribution in [2.24, 2.45) is 5.92 Å². The molecular formula is C119H109F3Ir3N11O2OsP2Pt-. The van der Waals surface area contributed by atoms with Crippen LogP contribution in [-0.4, -0.2) is 82.6 Å². The number of carbonyl (C=O) groups is 1. The van der Waals surface area contributed by atoms with Gasteiger partial charge in [0.15, 0.2) is 5.78 Å². The van der Waals surface area contributed by atoms with Crippen LogP contribution in [0.15, 0.2) is 395 Å². The van der Waals surface area contributed by atoms with E-state index >= 15 is 0 Å². The fraction of sp³-hybridized carbons (Fsp3) is 0.143. The number of rotatable bonds is 14. The van der Waals surface area contributed by atoms with Crippen LogP contribution in [0, 0.1) is 70.9 Å². The number of aliphatic hydroxyl groups excluding tert-OH is 1. The van der Waals surface area contributed by atoms with Gasteiger partial charge in [0.2, 0.25) is 0 Å². The SMILES string of the molecule is CC(=O)C=C(C)O.C[PH+](C)c1ccccc1.C[PH+](C)c1ccccc1.Cc1[c-]c(-c2ccc3c(CC(C)C)cccc3n2)cc(C)c1.Cc1cc(-c2ccccn2)[n-]n1.Cc1cccnc1-c1[c-]cccc1.Cc1ccnc(-c2[c-]cccc2)c1.FC(F)(F)c1cc(-c2ccccn2)[n-]n1.[Ir].[Ir].[Ir].[Os+2].[Pt+2].[c-]1ccccc1-c1cccc(C2(c3cccc(-c4[c-]cccc4)n3)c3ccccc3-c3ccccc32)n1. The number of alkyl halides is 3. The second kappa shape index (κ2) is 59.2. The Hall–Kier alpha value is -11.9. The molecule has 729 valence electrons. The Bertz CT molecular complexity index is 6850. The monoisotopic (exact) mass is 2810 g/mol. The number of aryl methyl sites for hydroxylation is 5. The van der Waals surface area contributed by atoms with Gasteiger partial charge in [0.05, 0.1) is 59.9 Å². The van der Waals surface area contributed by atoms with Gasteiger partial charge in [0, 0.05) is 129 Å². The van der Waals surface area contributed by atoms with Crippen molar-refractivity contribution in [1.82, 2.24) is 55.3 Å². The van der Waals surface area contributed by atoms with Crippen molar-refractivity contribution in [3.05, 3.63) is 487 Å². The molecule has 0 atom stereocenters. The molecule has 19 aromatic rings. The third-order valence-corrected chi connectivity index (χ3v) is 24.4. The molecule has 3 radical (unpaired) electrons. The van der Waals surface area contributed by atoms with Crippen LogP contribution in [-0.2, 0) is 124 Å². The molecule has 142 heavy (non-hydrogen) atoms. The molecule has 0 amide bonds. The number of nitrogens with zero attached hydrogens (tertiary/aromatic N) is 11. The molecule has 20 rings (SSSR count). The number of hydrogen-bond donors (Lipinski definition) is 1. The maximum atomic E-state index is 12.2. The van der Waals surface area contributed by atoms with Crippen LogP contribution in [0.4, 0.5) is 13.2 Å². The fourth-order valence-electron chi connectivity index (χ4n) is 15.1. The number of ketones is 1. The third kappa shape index (κ3) is 34.1. The van der Waals surface area contributed by atoms with Crippen LogP contribution in [0.5, 0.6) is 0 Å². The van der Waals surface area contributed by atoms with Crippen molar-refractivity contribution in [3.8, 4) is 90.2 Å². The average molecular weight is 2810 g/mol. The molecule has 1 N–H and O–H groups in total. The summed E-state index contributed by atoms with van der Waals surface area (Å²) in [5.74, 6) is 0.588. The minimum atomic E-state index is -4.46. The number of carbonyl (C=O) groups excluding carboxylic acids is 1. The summed E-state index contributed by atoms with van der Waals surface area (Å²) in [6.45, 7) is 26.8. The molecule has 1 aliphatic rings. The second-order valence-electron chi connectivity index (χ2n) is 33.2. The first-order chi connectivity index (χ1) is 66.3. The van der Waals surface area contributed by atoms with Crippen molar-refractivity contribution in [1.29, 1.82) is 0 Å². The predicted octanol–water partition coefficient (Wildman–Crippen LogP) is 27.1. The van der Waals surface area contributed by atoms with E-state index in [1.807, 2.05) is 141 Å². The van der Waals surface area contributed by atoms with Crippen LogP contribution < -0.4 is 20.8 Å². The summed E-state index contributed by atoms with van der Waals surface area (Å²) in [5, 5.41) is 27.0. The molecule has 23 heteroatoms. The van der Waals surface area contributed by atoms with Crippen LogP contribution >= 0.6 is 15.8 Å². The van der Waals surface area contributed by atoms with Crippen molar-refractivity contribution >= 4 is 43.1 Å². The molecule has 9 heterocycles. The zero-order valence-electron chi connectivity index (χ0n) is 80.8. The quantitative estimate of drug-likeness (QED) is 0.0470. The molecule has 13 nitrogen and oxygen atoms in total. The van der Waals surface area contributed by atoms with E-state index in [0.717, 1.165) is 108 Å². The standard InChI is InChI=1S/C35H22N2.C21H22N.2C12H10N.C9H5F3N3.C9H8N3.2C8H11P.C5H8O2.3Ir.Os.Pt/c1-3-13-25(14-4-1)31-21-11-23-33(36-31)35(34-24-12-22-32(37-34)26-15-5-2-6-16-26)29-19-9-7-17-27(29)28-18-8-10-20-30(28)35;1-14(2)10-17-6-5-7-21-19(17)8-9-20(22-21)18-12-15(3)11-16(4)13-18;1-10-6-5-9-13-12(10)11-7-3-2-4-8-11;1-10-7-8-13-12(9-10)11-5-3-2-4-6-11;10-9(11,12)8-5-7(14-15-8)6-3-1-2-4-13-6;1-7-6-9(12-11-7)8-4-2-3-5-10-8;2*1-9(2)8-6-4-3-5-7-8;1-4(6)3-5(2)7;;;;;/h1-13,15,17-24H;5-9,11-12,14H,10H2,1-4H3;2-7,9H,1H3;2-5,7-9H,1H3;1-5H;2-6H,1H3;2*3-7H,1-2H3;3,6H,1-2H3;;;;;/q-2;5*-1;;;;;;;2*+2/p+2. The fourth-order valence-corrected chi connectivity index (χ4v) is 16.8. The van der Waals surface area contributed by atoms with E-state index in [9.17, 15) is 18.0 Å². The molecule has 0 unspecified atom stereocenters. The van der Waals surface area contributed by atoms with Gasteiger partial charge < -0.3 is 35.5 Å². The number of fused-ring (bicyclic) bond motifs is 4. The van der Waals surface area contributed by atoms with Gasteiger partial charge in [0.1, 0.15) is 11.1 Å². The van der Waals surface area contributed by atoms with Crippen molar-refractivity contribution in [2.45, 2.75) is 80.3 Å². The summed E-state index contributed by atoms with van der Waals surface area (Å²) >= 11 is 0. The van der Waals surface area contributed by atoms with Gasteiger partial charge in [-0.15, -0.1) is 178 Å². The van der Waals surface area contributed by atoms with Gasteiger partial charge in [-0.2, -0.15) is 13.2 Å². The van der Waals surface area contributed by atoms with E-state index in [0.29, 0.717) is 11.6 Å². The normalized spacial score (nSPS) is 10.9. The second-order valence-corrected chi connectivity index (χ2v) is 38.4. The Morgan fingerprint density at radius 1 is 0.430 bits per heavy atom. The first kappa shape index (κ1) is 117. The Kier molecular flexibility index (Phi) is 48.8. The summed E-state index contributed by atoms with van der Waals surface area (Å²) in [7, 11) is -0.424. The molecule has 0 fully saturated rings. The van der Waals surface area contributed by atoms with Crippen molar-refractivity contribution < 1.29 is 124 Å². The Labute approximate surface area is 904 Å². The number of benzene rings is 10. The average Bonchev–Trinajstić information content (AvgIpc) is 1.53. The largest absolute Gasteiger partial charge is 2.00 e. The van der Waals surface area contributed by atoms with Crippen LogP contribution in [0.1, 0.15) is 89.4 Å². The van der Waals surface area contributed by atoms with Gasteiger partial charge in [-0.05, 0) is 188 Å². The zero-order chi connectivity index (χ0) is 97.1. The maximum Gasteiger partial charge on any atom is 2.00 e. The molecule has 9 aromatic heterocycles. The van der Waals surface area contributed by atoms with Crippen LogP contribution in [0.3, 0.4) is 0 Å². The Morgan fingerprint density at radius 3 is 1.30 bits per heavy atom. The first-order valence-electron chi connectivity index (χ1n) is 45.0. The van der Waals surface area contributed by atoms with E-state index in [2.05, 4.69) is 351 Å². The van der Waals surface area contributed by atoms with Gasteiger partial charge in [0.25, 0.3) is 0 Å². The number of halogens is 3. The summed E-state index contributed by atoms with van der Waals surface area (Å²) in [6.07, 6.45) is 4.67. The van der Waals surface area contributed by atoms with Gasteiger partial charge in [-0.1, -0.05) is 214 Å². The molecular weight excluding hydrogens is 2700 g/mol. The van der Waals surface area contributed by atoms with Crippen LogP contribution in [0.25, 0.3) is 101 Å². The van der Waals surface area contributed by atoms with Crippen molar-refractivity contribution in [3.63, 3.8) is 0 Å². The molecule has 0 aliphatic heterocycles. The third-order valence-electron chi connectivity index (χ3n) is 21.4. The van der Waals surface area contributed by atoms with Crippen molar-refractivity contribution in [2.75, 3.05) is 26.7 Å². The maximum absolute atomic E-state index is 12.2. The number of aromatic nitrogens is 11. The summed E-state index contributed by atoms with van der Waals surface area (Å²) in [6, 6.07) is 136. The molecule has 1 aliphatic carbocycles. The van der Waals surface area contributed by atoms with E-state index in [-0.39, 0.29) is 134 Å². The number of aliphatic hydroxyl groups is 1. The van der Waals surface area contributed by atoms with E-state index in [1.165, 1.54) is 86.6 Å². The van der Waals surface area contributed by atoms with E-state index in [4.69, 9.17) is 20.1 Å². The molecule has 10 aromatic carbocycles. The number of pyridine rings is 7. The van der Waals surface area contributed by atoms with Crippen LogP contribution in [0.2, 0.25) is 0 Å². The van der Waals surface area contributed by atoms with E-state index < -0.39 is 17.3 Å². The first-order valence-corrected chi connectivity index (χ1v) is 50.0. The zero-order valence-corrected chi connectivity index (χ0v) is 94.8. The van der Waals surface area contributed by atoms with Gasteiger partial charge in [-0.25, -0.2) is 0 Å². The number of allylic oxidation sites excluding steroid dienone is 2. The smallest absolute Gasteiger partial charge is 0.574 e. The Balaban J connectivity index is 0.000000228. The predicted molar refractivity (Wildman–Crippen MR) is 559 cm³/mol. The molecule has 0 bridgehead atoms. The minimum Gasteiger partial charge on any atom is -0.574 e. The minimum absolute atomic E-state index is 0. The molecule has 0 saturated carbocycles. The summed E-state index contributed by atoms with van der Waals surface area (Å²) in [4.78, 5) is 42.1. The van der Waals surface area contributed by atoms with E-state index in [1.54, 1.807) is 24.4 Å². The molecule has 0 spiro atoms. The number of hydrogen-bond acceptors (Lipinski definition) is 11. The van der Waals surface area contributed by atoms with Gasteiger partial charge in [-0.3, -0.25) is 29.7 Å². The Morgan fingerprint density at radius 2 is 0.880 bits per heavy atom.